The lowest BCUT2D eigenvalue weighted by Crippen LogP contribution is -2.42. The lowest BCUT2D eigenvalue weighted by molar-refractivity contribution is -0.0403. The number of likely N-dealkylation sites (N-methyl/N-ethyl adjacent to an activating group) is 1. The molecule has 5 heteroatoms. The fraction of sp³-hybridized carbons (Fsp3) is 0.625. The van der Waals surface area contributed by atoms with Gasteiger partial charge in [-0.15, -0.1) is 0 Å². The van der Waals surface area contributed by atoms with E-state index in [0.717, 1.165) is 45.1 Å². The molecule has 0 radical (unpaired) electrons. The molecule has 5 nitrogen and oxygen atoms in total. The van der Waals surface area contributed by atoms with E-state index in [4.69, 9.17) is 14.2 Å². The summed E-state index contributed by atoms with van der Waals surface area (Å²) in [5, 5.41) is 3.32. The molecule has 1 aromatic carbocycles. The number of ether oxygens (including phenoxy) is 3. The normalized spacial score (nSPS) is 19.6. The summed E-state index contributed by atoms with van der Waals surface area (Å²) < 4.78 is 16.5. The van der Waals surface area contributed by atoms with E-state index in [0.29, 0.717) is 6.61 Å². The Balaban J connectivity index is 1.69. The molecule has 0 amide bonds. The maximum atomic E-state index is 5.80. The van der Waals surface area contributed by atoms with E-state index in [1.165, 1.54) is 5.56 Å². The molecule has 0 aromatic heterocycles. The Bertz CT molecular complexity index is 397. The Morgan fingerprint density at radius 2 is 2.14 bits per heavy atom. The lowest BCUT2D eigenvalue weighted by Gasteiger charge is -2.29. The van der Waals surface area contributed by atoms with E-state index in [-0.39, 0.29) is 6.10 Å². The molecule has 1 unspecified atom stereocenters. The predicted octanol–water partition coefficient (Wildman–Crippen LogP) is 1.13. The minimum Gasteiger partial charge on any atom is -0.491 e. The van der Waals surface area contributed by atoms with Gasteiger partial charge in [-0.05, 0) is 24.7 Å². The van der Waals surface area contributed by atoms with Gasteiger partial charge in [-0.1, -0.05) is 12.1 Å². The Hall–Kier alpha value is -1.14. The first-order valence-corrected chi connectivity index (χ1v) is 7.49. The molecule has 0 aliphatic carbocycles. The van der Waals surface area contributed by atoms with Gasteiger partial charge in [0.1, 0.15) is 18.5 Å². The molecule has 0 spiro atoms. The highest BCUT2D eigenvalue weighted by Crippen LogP contribution is 2.13. The summed E-state index contributed by atoms with van der Waals surface area (Å²) >= 11 is 0. The van der Waals surface area contributed by atoms with E-state index in [1.54, 1.807) is 7.11 Å². The van der Waals surface area contributed by atoms with Crippen LogP contribution in [0.15, 0.2) is 24.3 Å². The van der Waals surface area contributed by atoms with Crippen LogP contribution in [-0.4, -0.2) is 64.6 Å². The summed E-state index contributed by atoms with van der Waals surface area (Å²) in [6, 6.07) is 8.20. The molecule has 1 aromatic rings. The average Bonchev–Trinajstić information content (AvgIpc) is 2.51. The number of rotatable bonds is 8. The smallest absolute Gasteiger partial charge is 0.119 e. The van der Waals surface area contributed by atoms with Crippen molar-refractivity contribution in [2.75, 3.05) is 53.6 Å². The van der Waals surface area contributed by atoms with Gasteiger partial charge in [0.05, 0.1) is 13.2 Å². The third kappa shape index (κ3) is 6.01. The fourth-order valence-corrected chi connectivity index (χ4v) is 2.27. The van der Waals surface area contributed by atoms with Gasteiger partial charge < -0.3 is 24.4 Å². The average molecular weight is 294 g/mol. The first kappa shape index (κ1) is 16.2. The molecule has 1 aliphatic heterocycles. The minimum absolute atomic E-state index is 0.166. The zero-order valence-corrected chi connectivity index (χ0v) is 13.0. The molecule has 1 saturated heterocycles. The summed E-state index contributed by atoms with van der Waals surface area (Å²) in [6.07, 6.45) is 0.166. The zero-order valence-electron chi connectivity index (χ0n) is 13.0. The van der Waals surface area contributed by atoms with Crippen LogP contribution in [0, 0.1) is 0 Å². The van der Waals surface area contributed by atoms with Crippen molar-refractivity contribution in [2.24, 2.45) is 0 Å². The third-order valence-electron chi connectivity index (χ3n) is 3.51. The molecule has 1 heterocycles. The summed E-state index contributed by atoms with van der Waals surface area (Å²) in [5.74, 6) is 0.896. The third-order valence-corrected chi connectivity index (χ3v) is 3.51. The molecule has 1 aliphatic rings. The second-order valence-corrected chi connectivity index (χ2v) is 5.38. The van der Waals surface area contributed by atoms with Crippen molar-refractivity contribution < 1.29 is 14.2 Å². The van der Waals surface area contributed by atoms with E-state index in [2.05, 4.69) is 29.4 Å². The standard InChI is InChI=1S/C16H26N2O3/c1-18-8-10-20-16(12-18)13-21-15-5-3-14(4-6-15)11-17-7-9-19-2/h3-6,16-17H,7-13H2,1-2H3. The van der Waals surface area contributed by atoms with Gasteiger partial charge in [-0.25, -0.2) is 0 Å². The summed E-state index contributed by atoms with van der Waals surface area (Å²) in [6.45, 7) is 5.77. The molecule has 0 bridgehead atoms. The largest absolute Gasteiger partial charge is 0.491 e. The first-order valence-electron chi connectivity index (χ1n) is 7.49. The highest BCUT2D eigenvalue weighted by Gasteiger charge is 2.18. The van der Waals surface area contributed by atoms with Gasteiger partial charge in [0.2, 0.25) is 0 Å². The molecule has 1 fully saturated rings. The molecule has 1 N–H and O–H groups in total. The van der Waals surface area contributed by atoms with E-state index in [1.807, 2.05) is 12.1 Å². The van der Waals surface area contributed by atoms with Gasteiger partial charge in [0.25, 0.3) is 0 Å². The van der Waals surface area contributed by atoms with Crippen LogP contribution >= 0.6 is 0 Å². The van der Waals surface area contributed by atoms with E-state index < -0.39 is 0 Å². The molecule has 0 saturated carbocycles. The number of hydrogen-bond donors (Lipinski definition) is 1. The van der Waals surface area contributed by atoms with E-state index >= 15 is 0 Å². The fourth-order valence-electron chi connectivity index (χ4n) is 2.27. The summed E-state index contributed by atoms with van der Waals surface area (Å²) in [7, 11) is 3.82. The van der Waals surface area contributed by atoms with Crippen LogP contribution in [0.1, 0.15) is 5.56 Å². The quantitative estimate of drug-likeness (QED) is 0.728. The van der Waals surface area contributed by atoms with Crippen molar-refractivity contribution in [3.05, 3.63) is 29.8 Å². The number of hydrogen-bond acceptors (Lipinski definition) is 5. The zero-order chi connectivity index (χ0) is 14.9. The van der Waals surface area contributed by atoms with Crippen molar-refractivity contribution in [1.29, 1.82) is 0 Å². The number of methoxy groups -OCH3 is 1. The maximum Gasteiger partial charge on any atom is 0.119 e. The molecule has 1 atom stereocenters. The second kappa shape index (κ2) is 9.00. The Labute approximate surface area is 127 Å². The number of nitrogens with zero attached hydrogens (tertiary/aromatic N) is 1. The molecular formula is C16H26N2O3. The van der Waals surface area contributed by atoms with Crippen LogP contribution in [0.4, 0.5) is 0 Å². The number of benzene rings is 1. The van der Waals surface area contributed by atoms with E-state index in [9.17, 15) is 0 Å². The predicted molar refractivity (Wildman–Crippen MR) is 82.8 cm³/mol. The maximum absolute atomic E-state index is 5.80. The van der Waals surface area contributed by atoms with Crippen molar-refractivity contribution in [3.63, 3.8) is 0 Å². The van der Waals surface area contributed by atoms with Crippen LogP contribution in [-0.2, 0) is 16.0 Å². The SMILES string of the molecule is COCCNCc1ccc(OCC2CN(C)CCO2)cc1. The molecular weight excluding hydrogens is 268 g/mol. The minimum atomic E-state index is 0.166. The van der Waals surface area contributed by atoms with Gasteiger partial charge in [-0.3, -0.25) is 0 Å². The highest BCUT2D eigenvalue weighted by atomic mass is 16.5. The van der Waals surface area contributed by atoms with Crippen LogP contribution in [0.25, 0.3) is 0 Å². The monoisotopic (exact) mass is 294 g/mol. The highest BCUT2D eigenvalue weighted by molar-refractivity contribution is 5.27. The topological polar surface area (TPSA) is 43.0 Å². The first-order chi connectivity index (χ1) is 10.3. The number of morpholine rings is 1. The Kier molecular flexibility index (Phi) is 6.95. The van der Waals surface area contributed by atoms with Gasteiger partial charge in [-0.2, -0.15) is 0 Å². The Morgan fingerprint density at radius 3 is 2.86 bits per heavy atom. The van der Waals surface area contributed by atoms with Crippen LogP contribution < -0.4 is 10.1 Å². The van der Waals surface area contributed by atoms with Crippen LogP contribution in [0.5, 0.6) is 5.75 Å². The molecule has 118 valence electrons. The van der Waals surface area contributed by atoms with Crippen molar-refractivity contribution >= 4 is 0 Å². The van der Waals surface area contributed by atoms with Gasteiger partial charge in [0, 0.05) is 33.3 Å². The number of nitrogens with one attached hydrogen (secondary N) is 1. The van der Waals surface area contributed by atoms with Crippen LogP contribution in [0.2, 0.25) is 0 Å². The van der Waals surface area contributed by atoms with Gasteiger partial charge >= 0.3 is 0 Å². The molecule has 21 heavy (non-hydrogen) atoms. The molecule has 2 rings (SSSR count). The summed E-state index contributed by atoms with van der Waals surface area (Å²) in [4.78, 5) is 2.27. The second-order valence-electron chi connectivity index (χ2n) is 5.38. The van der Waals surface area contributed by atoms with Gasteiger partial charge in [0.15, 0.2) is 0 Å². The van der Waals surface area contributed by atoms with Crippen molar-refractivity contribution in [1.82, 2.24) is 10.2 Å². The van der Waals surface area contributed by atoms with Crippen molar-refractivity contribution in [2.45, 2.75) is 12.6 Å². The Morgan fingerprint density at radius 1 is 1.33 bits per heavy atom. The summed E-state index contributed by atoms with van der Waals surface area (Å²) in [5.41, 5.74) is 1.24. The lowest BCUT2D eigenvalue weighted by atomic mass is 10.2. The van der Waals surface area contributed by atoms with Crippen molar-refractivity contribution in [3.8, 4) is 5.75 Å². The van der Waals surface area contributed by atoms with Crippen LogP contribution in [0.3, 0.4) is 0 Å².